The van der Waals surface area contributed by atoms with Crippen LogP contribution in [-0.2, 0) is 4.79 Å². The van der Waals surface area contributed by atoms with Crippen molar-refractivity contribution in [3.63, 3.8) is 0 Å². The van der Waals surface area contributed by atoms with Gasteiger partial charge in [0.2, 0.25) is 5.91 Å². The lowest BCUT2D eigenvalue weighted by atomic mass is 9.95. The Labute approximate surface area is 194 Å². The summed E-state index contributed by atoms with van der Waals surface area (Å²) in [5.41, 5.74) is 1.63. The van der Waals surface area contributed by atoms with E-state index < -0.39 is 0 Å². The van der Waals surface area contributed by atoms with Crippen molar-refractivity contribution in [2.45, 2.75) is 31.7 Å². The van der Waals surface area contributed by atoms with Gasteiger partial charge in [-0.15, -0.1) is 0 Å². The summed E-state index contributed by atoms with van der Waals surface area (Å²) in [4.78, 5) is 29.8. The Morgan fingerprint density at radius 1 is 1.06 bits per heavy atom. The van der Waals surface area contributed by atoms with E-state index in [1.54, 1.807) is 12.0 Å². The highest BCUT2D eigenvalue weighted by Gasteiger charge is 2.29. The van der Waals surface area contributed by atoms with E-state index in [2.05, 4.69) is 22.3 Å². The topological polar surface area (TPSA) is 61.9 Å². The molecule has 2 aromatic carbocycles. The van der Waals surface area contributed by atoms with Crippen molar-refractivity contribution in [1.82, 2.24) is 15.1 Å². The van der Waals surface area contributed by atoms with Crippen LogP contribution in [-0.4, -0.2) is 61.4 Å². The summed E-state index contributed by atoms with van der Waals surface area (Å²) in [6.45, 7) is 3.67. The molecule has 176 valence electrons. The van der Waals surface area contributed by atoms with Crippen LogP contribution < -0.4 is 10.1 Å². The Balaban J connectivity index is 1.32. The zero-order chi connectivity index (χ0) is 23.2. The molecule has 2 aliphatic rings. The monoisotopic (exact) mass is 453 g/mol. The van der Waals surface area contributed by atoms with Gasteiger partial charge in [-0.1, -0.05) is 12.1 Å². The third kappa shape index (κ3) is 5.71. The van der Waals surface area contributed by atoms with E-state index >= 15 is 0 Å². The summed E-state index contributed by atoms with van der Waals surface area (Å²) in [6.07, 6.45) is 3.61. The molecule has 2 aromatic rings. The largest absolute Gasteiger partial charge is 0.497 e. The molecule has 2 aliphatic heterocycles. The maximum Gasteiger partial charge on any atom is 0.253 e. The second-order valence-electron chi connectivity index (χ2n) is 8.85. The van der Waals surface area contributed by atoms with Crippen molar-refractivity contribution in [3.05, 3.63) is 65.5 Å². The van der Waals surface area contributed by atoms with E-state index in [1.165, 1.54) is 37.1 Å². The summed E-state index contributed by atoms with van der Waals surface area (Å²) in [7, 11) is 1.67. The Morgan fingerprint density at radius 3 is 2.42 bits per heavy atom. The van der Waals surface area contributed by atoms with E-state index in [0.29, 0.717) is 38.0 Å². The van der Waals surface area contributed by atoms with Gasteiger partial charge in [-0.3, -0.25) is 14.5 Å². The van der Waals surface area contributed by atoms with Gasteiger partial charge >= 0.3 is 0 Å². The predicted octanol–water partition coefficient (Wildman–Crippen LogP) is 3.64. The molecule has 2 saturated heterocycles. The molecule has 0 spiro atoms. The molecule has 6 nitrogen and oxygen atoms in total. The lowest BCUT2D eigenvalue weighted by Crippen LogP contribution is -2.44. The van der Waals surface area contributed by atoms with Gasteiger partial charge in [0.05, 0.1) is 13.2 Å². The maximum atomic E-state index is 13.1. The zero-order valence-corrected chi connectivity index (χ0v) is 19.1. The zero-order valence-electron chi connectivity index (χ0n) is 19.1. The Morgan fingerprint density at radius 2 is 1.76 bits per heavy atom. The number of ether oxygens (including phenoxy) is 1. The second-order valence-corrected chi connectivity index (χ2v) is 8.85. The van der Waals surface area contributed by atoms with Gasteiger partial charge < -0.3 is 15.0 Å². The lowest BCUT2D eigenvalue weighted by Gasteiger charge is -2.33. The number of carbonyl (C=O) groups is 2. The van der Waals surface area contributed by atoms with Gasteiger partial charge in [-0.25, -0.2) is 4.39 Å². The fraction of sp³-hybridized carbons (Fsp3) is 0.462. The van der Waals surface area contributed by atoms with Crippen LogP contribution >= 0.6 is 0 Å². The minimum absolute atomic E-state index is 0.0518. The van der Waals surface area contributed by atoms with Crippen LogP contribution in [0.2, 0.25) is 0 Å². The van der Waals surface area contributed by atoms with Crippen LogP contribution in [0.15, 0.2) is 48.5 Å². The van der Waals surface area contributed by atoms with Crippen molar-refractivity contribution >= 4 is 11.8 Å². The highest BCUT2D eigenvalue weighted by molar-refractivity contribution is 5.94. The predicted molar refractivity (Wildman–Crippen MR) is 125 cm³/mol. The number of likely N-dealkylation sites (tertiary alicyclic amines) is 2. The average Bonchev–Trinajstić information content (AvgIpc) is 3.39. The first-order valence-electron chi connectivity index (χ1n) is 11.8. The molecule has 0 bridgehead atoms. The van der Waals surface area contributed by atoms with Gasteiger partial charge in [0.1, 0.15) is 11.6 Å². The van der Waals surface area contributed by atoms with Gasteiger partial charge in [-0.05, 0) is 80.7 Å². The van der Waals surface area contributed by atoms with Crippen molar-refractivity contribution in [1.29, 1.82) is 0 Å². The molecule has 1 atom stereocenters. The first kappa shape index (κ1) is 23.2. The van der Waals surface area contributed by atoms with Crippen LogP contribution in [0.3, 0.4) is 0 Å². The number of nitrogens with one attached hydrogen (secondary N) is 1. The highest BCUT2D eigenvalue weighted by atomic mass is 19.1. The van der Waals surface area contributed by atoms with Crippen molar-refractivity contribution < 1.29 is 18.7 Å². The second kappa shape index (κ2) is 10.8. The van der Waals surface area contributed by atoms with E-state index in [1.807, 2.05) is 12.1 Å². The number of carbonyl (C=O) groups excluding carboxylic acids is 2. The quantitative estimate of drug-likeness (QED) is 0.695. The smallest absolute Gasteiger partial charge is 0.253 e. The molecule has 2 amide bonds. The number of benzene rings is 2. The molecule has 2 heterocycles. The van der Waals surface area contributed by atoms with E-state index in [4.69, 9.17) is 4.74 Å². The van der Waals surface area contributed by atoms with Crippen molar-refractivity contribution in [2.24, 2.45) is 5.92 Å². The number of nitrogens with zero attached hydrogens (tertiary/aromatic N) is 2. The van der Waals surface area contributed by atoms with Crippen LogP contribution in [0.5, 0.6) is 5.75 Å². The molecule has 7 heteroatoms. The standard InChI is InChI=1S/C26H32FN3O3/c1-33-23-6-4-5-21(17-23)24(29-13-2-3-14-29)18-28-25(31)19-11-15-30(16-12-19)26(32)20-7-9-22(27)10-8-20/h4-10,17,19,24H,2-3,11-16,18H2,1H3,(H,28,31). The number of hydrogen-bond donors (Lipinski definition) is 1. The lowest BCUT2D eigenvalue weighted by molar-refractivity contribution is -0.126. The number of methoxy groups -OCH3 is 1. The van der Waals surface area contributed by atoms with Gasteiger partial charge in [0.25, 0.3) is 5.91 Å². The van der Waals surface area contributed by atoms with E-state index in [9.17, 15) is 14.0 Å². The van der Waals surface area contributed by atoms with Crippen LogP contribution in [0.4, 0.5) is 4.39 Å². The fourth-order valence-corrected chi connectivity index (χ4v) is 4.82. The Kier molecular flexibility index (Phi) is 7.60. The number of amides is 2. The molecule has 1 N–H and O–H groups in total. The molecular weight excluding hydrogens is 421 g/mol. The summed E-state index contributed by atoms with van der Waals surface area (Å²) in [5, 5.41) is 3.18. The number of hydrogen-bond acceptors (Lipinski definition) is 4. The Hall–Kier alpha value is -2.93. The van der Waals surface area contributed by atoms with Crippen molar-refractivity contribution in [3.8, 4) is 5.75 Å². The van der Waals surface area contributed by atoms with Gasteiger partial charge in [0, 0.05) is 31.1 Å². The first-order chi connectivity index (χ1) is 16.0. The SMILES string of the molecule is COc1cccc(C(CNC(=O)C2CCN(C(=O)c3ccc(F)cc3)CC2)N2CCCC2)c1. The van der Waals surface area contributed by atoms with E-state index in [-0.39, 0.29) is 29.6 Å². The summed E-state index contributed by atoms with van der Waals surface area (Å²) in [5.74, 6) is 0.299. The molecule has 0 radical (unpaired) electrons. The molecule has 1 unspecified atom stereocenters. The Bertz CT molecular complexity index is 952. The summed E-state index contributed by atoms with van der Waals surface area (Å²) < 4.78 is 18.5. The van der Waals surface area contributed by atoms with Crippen molar-refractivity contribution in [2.75, 3.05) is 39.8 Å². The van der Waals surface area contributed by atoms with Gasteiger partial charge in [-0.2, -0.15) is 0 Å². The molecule has 2 fully saturated rings. The molecule has 0 saturated carbocycles. The molecular formula is C26H32FN3O3. The number of rotatable bonds is 7. The fourth-order valence-electron chi connectivity index (χ4n) is 4.82. The van der Waals surface area contributed by atoms with Crippen LogP contribution in [0, 0.1) is 11.7 Å². The molecule has 0 aromatic heterocycles. The van der Waals surface area contributed by atoms with Crippen LogP contribution in [0.1, 0.15) is 47.6 Å². The number of piperidine rings is 1. The third-order valence-corrected chi connectivity index (χ3v) is 6.77. The average molecular weight is 454 g/mol. The molecule has 33 heavy (non-hydrogen) atoms. The minimum Gasteiger partial charge on any atom is -0.497 e. The summed E-state index contributed by atoms with van der Waals surface area (Å²) >= 11 is 0. The third-order valence-electron chi connectivity index (χ3n) is 6.77. The maximum absolute atomic E-state index is 13.1. The minimum atomic E-state index is -0.358. The van der Waals surface area contributed by atoms with Gasteiger partial charge in [0.15, 0.2) is 0 Å². The molecule has 0 aliphatic carbocycles. The summed E-state index contributed by atoms with van der Waals surface area (Å²) in [6, 6.07) is 13.8. The number of halogens is 1. The van der Waals surface area contributed by atoms with E-state index in [0.717, 1.165) is 24.4 Å². The first-order valence-corrected chi connectivity index (χ1v) is 11.8. The highest BCUT2D eigenvalue weighted by Crippen LogP contribution is 2.27. The van der Waals surface area contributed by atoms with Crippen LogP contribution in [0.25, 0.3) is 0 Å². The normalized spacial score (nSPS) is 18.2. The molecule has 4 rings (SSSR count).